The van der Waals surface area contributed by atoms with Crippen molar-refractivity contribution in [3.8, 4) is 22.9 Å². The Bertz CT molecular complexity index is 1210. The first-order chi connectivity index (χ1) is 14.6. The minimum atomic E-state index is -0.00615. The fourth-order valence-electron chi connectivity index (χ4n) is 3.04. The highest BCUT2D eigenvalue weighted by molar-refractivity contribution is 6.28. The van der Waals surface area contributed by atoms with Gasteiger partial charge in [0.1, 0.15) is 23.4 Å². The van der Waals surface area contributed by atoms with E-state index in [1.807, 2.05) is 0 Å². The molecule has 4 aromatic rings. The number of carbonyl (C=O) groups is 1. The van der Waals surface area contributed by atoms with Crippen LogP contribution in [-0.2, 0) is 0 Å². The van der Waals surface area contributed by atoms with Crippen molar-refractivity contribution in [3.05, 3.63) is 47.8 Å². The lowest BCUT2D eigenvalue weighted by Crippen LogP contribution is -2.03. The first-order valence-electron chi connectivity index (χ1n) is 8.69. The molecule has 0 aliphatic carbocycles. The molecular weight excluding hydrogens is 412 g/mol. The standard InChI is InChI=1S/C19H17ClN6O4/c1-28-14-6-12(7-15(29-2)17(14)30-3)25-8-16(21-10-25)22-18-13-5-4-11(9-27)26(13)24-19(20)23-18/h4-10H,1-3H3,(H,22,23,24). The van der Waals surface area contributed by atoms with Gasteiger partial charge in [-0.25, -0.2) is 9.50 Å². The van der Waals surface area contributed by atoms with Crippen LogP contribution in [0.2, 0.25) is 5.28 Å². The fraction of sp³-hybridized carbons (Fsp3) is 0.158. The quantitative estimate of drug-likeness (QED) is 0.447. The van der Waals surface area contributed by atoms with Gasteiger partial charge in [-0.1, -0.05) is 0 Å². The van der Waals surface area contributed by atoms with Crippen LogP contribution < -0.4 is 19.5 Å². The number of hydrogen-bond acceptors (Lipinski definition) is 8. The number of carbonyl (C=O) groups excluding carboxylic acids is 1. The average molecular weight is 429 g/mol. The van der Waals surface area contributed by atoms with E-state index in [4.69, 9.17) is 25.8 Å². The molecular formula is C19H17ClN6O4. The number of nitrogens with zero attached hydrogens (tertiary/aromatic N) is 5. The third-order valence-electron chi connectivity index (χ3n) is 4.41. The molecule has 11 heteroatoms. The Kier molecular flexibility index (Phi) is 5.15. The highest BCUT2D eigenvalue weighted by Gasteiger charge is 2.15. The number of hydrogen-bond donors (Lipinski definition) is 1. The number of halogens is 1. The van der Waals surface area contributed by atoms with Crippen LogP contribution in [0, 0.1) is 0 Å². The number of methoxy groups -OCH3 is 3. The zero-order valence-corrected chi connectivity index (χ0v) is 17.0. The summed E-state index contributed by atoms with van der Waals surface area (Å²) >= 11 is 6.01. The average Bonchev–Trinajstić information content (AvgIpc) is 3.39. The van der Waals surface area contributed by atoms with Gasteiger partial charge >= 0.3 is 0 Å². The SMILES string of the molecule is COc1cc(-n2cnc(Nc3nc(Cl)nn4c(C=O)ccc34)c2)cc(OC)c1OC. The van der Waals surface area contributed by atoms with Gasteiger partial charge in [0.25, 0.3) is 0 Å². The minimum Gasteiger partial charge on any atom is -0.493 e. The summed E-state index contributed by atoms with van der Waals surface area (Å²) in [6.07, 6.45) is 4.08. The second kappa shape index (κ2) is 7.91. The van der Waals surface area contributed by atoms with Crippen molar-refractivity contribution >= 4 is 35.0 Å². The molecule has 0 saturated heterocycles. The van der Waals surface area contributed by atoms with Crippen molar-refractivity contribution in [2.45, 2.75) is 0 Å². The van der Waals surface area contributed by atoms with E-state index in [0.29, 0.717) is 46.4 Å². The molecule has 0 fully saturated rings. The van der Waals surface area contributed by atoms with Gasteiger partial charge in [0.2, 0.25) is 11.0 Å². The van der Waals surface area contributed by atoms with Crippen LogP contribution in [0.3, 0.4) is 0 Å². The lowest BCUT2D eigenvalue weighted by Gasteiger charge is -2.14. The molecule has 0 aliphatic rings. The summed E-state index contributed by atoms with van der Waals surface area (Å²) in [5.41, 5.74) is 1.70. The van der Waals surface area contributed by atoms with Crippen LogP contribution in [-0.4, -0.2) is 51.8 Å². The highest BCUT2D eigenvalue weighted by atomic mass is 35.5. The Morgan fingerprint density at radius 1 is 1.10 bits per heavy atom. The molecule has 0 amide bonds. The summed E-state index contributed by atoms with van der Waals surface area (Å²) in [7, 11) is 4.65. The number of benzene rings is 1. The zero-order chi connectivity index (χ0) is 21.3. The summed E-state index contributed by atoms with van der Waals surface area (Å²) in [5, 5.41) is 7.15. The molecule has 0 unspecified atom stereocenters. The first-order valence-corrected chi connectivity index (χ1v) is 9.07. The number of imidazole rings is 1. The van der Waals surface area contributed by atoms with Crippen LogP contribution in [0.1, 0.15) is 10.5 Å². The number of ether oxygens (including phenoxy) is 3. The number of anilines is 2. The van der Waals surface area contributed by atoms with Gasteiger partial charge in [0.05, 0.1) is 33.2 Å². The third kappa shape index (κ3) is 3.37. The molecule has 0 atom stereocenters. The molecule has 1 aromatic carbocycles. The van der Waals surface area contributed by atoms with Crippen molar-refractivity contribution in [2.75, 3.05) is 26.6 Å². The molecule has 154 valence electrons. The van der Waals surface area contributed by atoms with Crippen LogP contribution in [0.4, 0.5) is 11.6 Å². The summed E-state index contributed by atoms with van der Waals surface area (Å²) < 4.78 is 19.4. The zero-order valence-electron chi connectivity index (χ0n) is 16.3. The van der Waals surface area contributed by atoms with Crippen LogP contribution in [0.5, 0.6) is 17.2 Å². The smallest absolute Gasteiger partial charge is 0.243 e. The van der Waals surface area contributed by atoms with E-state index in [1.165, 1.54) is 4.52 Å². The van der Waals surface area contributed by atoms with Crippen LogP contribution >= 0.6 is 11.6 Å². The summed E-state index contributed by atoms with van der Waals surface area (Å²) in [5.74, 6) is 2.47. The van der Waals surface area contributed by atoms with Crippen molar-refractivity contribution in [3.63, 3.8) is 0 Å². The normalized spacial score (nSPS) is 10.8. The van der Waals surface area contributed by atoms with E-state index in [-0.39, 0.29) is 5.28 Å². The number of fused-ring (bicyclic) bond motifs is 1. The van der Waals surface area contributed by atoms with Crippen LogP contribution in [0.25, 0.3) is 11.2 Å². The molecule has 0 aliphatic heterocycles. The second-order valence-corrected chi connectivity index (χ2v) is 6.42. The number of aldehydes is 1. The maximum absolute atomic E-state index is 11.2. The van der Waals surface area contributed by atoms with E-state index in [0.717, 1.165) is 5.69 Å². The Hall–Kier alpha value is -3.79. The fourth-order valence-corrected chi connectivity index (χ4v) is 3.20. The molecule has 30 heavy (non-hydrogen) atoms. The Morgan fingerprint density at radius 3 is 2.47 bits per heavy atom. The maximum Gasteiger partial charge on any atom is 0.243 e. The van der Waals surface area contributed by atoms with Crippen molar-refractivity contribution in [1.82, 2.24) is 24.1 Å². The van der Waals surface area contributed by atoms with Gasteiger partial charge < -0.3 is 24.1 Å². The van der Waals surface area contributed by atoms with Crippen molar-refractivity contribution in [2.24, 2.45) is 0 Å². The van der Waals surface area contributed by atoms with Gasteiger partial charge in [0, 0.05) is 12.1 Å². The predicted molar refractivity (Wildman–Crippen MR) is 110 cm³/mol. The number of rotatable bonds is 7. The molecule has 0 radical (unpaired) electrons. The van der Waals surface area contributed by atoms with E-state index in [9.17, 15) is 4.79 Å². The van der Waals surface area contributed by atoms with Gasteiger partial charge in [-0.15, -0.1) is 5.10 Å². The lowest BCUT2D eigenvalue weighted by atomic mass is 10.2. The van der Waals surface area contributed by atoms with Gasteiger partial charge in [0.15, 0.2) is 23.6 Å². The maximum atomic E-state index is 11.2. The molecule has 0 spiro atoms. The second-order valence-electron chi connectivity index (χ2n) is 6.08. The lowest BCUT2D eigenvalue weighted by molar-refractivity contribution is 0.111. The molecule has 0 bridgehead atoms. The topological polar surface area (TPSA) is 105 Å². The highest BCUT2D eigenvalue weighted by Crippen LogP contribution is 2.39. The monoisotopic (exact) mass is 428 g/mol. The molecule has 10 nitrogen and oxygen atoms in total. The predicted octanol–water partition coefficient (Wildman–Crippen LogP) is 3.15. The molecule has 3 heterocycles. The Balaban J connectivity index is 1.70. The van der Waals surface area contributed by atoms with E-state index >= 15 is 0 Å². The summed E-state index contributed by atoms with van der Waals surface area (Å²) in [6, 6.07) is 6.96. The van der Waals surface area contributed by atoms with E-state index < -0.39 is 0 Å². The van der Waals surface area contributed by atoms with Gasteiger partial charge in [-0.3, -0.25) is 4.79 Å². The number of aromatic nitrogens is 5. The Labute approximate surface area is 176 Å². The molecule has 1 N–H and O–H groups in total. The largest absolute Gasteiger partial charge is 0.493 e. The molecule has 4 rings (SSSR count). The van der Waals surface area contributed by atoms with Gasteiger partial charge in [-0.2, -0.15) is 4.98 Å². The summed E-state index contributed by atoms with van der Waals surface area (Å²) in [4.78, 5) is 19.7. The molecule has 0 saturated carbocycles. The van der Waals surface area contributed by atoms with Gasteiger partial charge in [-0.05, 0) is 23.7 Å². The Morgan fingerprint density at radius 2 is 1.83 bits per heavy atom. The van der Waals surface area contributed by atoms with Crippen molar-refractivity contribution < 1.29 is 19.0 Å². The van der Waals surface area contributed by atoms with Crippen molar-refractivity contribution in [1.29, 1.82) is 0 Å². The van der Waals surface area contributed by atoms with Crippen LogP contribution in [0.15, 0.2) is 36.8 Å². The minimum absolute atomic E-state index is 0.00615. The number of nitrogens with one attached hydrogen (secondary N) is 1. The third-order valence-corrected chi connectivity index (χ3v) is 4.57. The molecule has 3 aromatic heterocycles. The first kappa shape index (κ1) is 19.5. The summed E-state index contributed by atoms with van der Waals surface area (Å²) in [6.45, 7) is 0. The van der Waals surface area contributed by atoms with E-state index in [1.54, 1.807) is 62.7 Å². The van der Waals surface area contributed by atoms with E-state index in [2.05, 4.69) is 20.4 Å².